The third-order valence-electron chi connectivity index (χ3n) is 4.88. The van der Waals surface area contributed by atoms with E-state index in [9.17, 15) is 0 Å². The van der Waals surface area contributed by atoms with E-state index in [1.165, 1.54) is 49.8 Å². The zero-order chi connectivity index (χ0) is 12.0. The summed E-state index contributed by atoms with van der Waals surface area (Å²) in [5, 5.41) is 3.53. The fraction of sp³-hybridized carbons (Fsp3) is 0.625. The second-order valence-electron chi connectivity index (χ2n) is 5.83. The standard InChI is InChI=1S/C15H20N2S.CH4/c1-3-14(17-5-7-18-8-6-17)4-2-12(1)15-9-13(15)10-16-11-15;/h1-4,13,16H,5-11H2;1H4. The van der Waals surface area contributed by atoms with E-state index in [0.29, 0.717) is 5.41 Å². The van der Waals surface area contributed by atoms with Crippen molar-refractivity contribution in [1.29, 1.82) is 0 Å². The fourth-order valence-electron chi connectivity index (χ4n) is 3.62. The predicted molar refractivity (Wildman–Crippen MR) is 85.4 cm³/mol. The van der Waals surface area contributed by atoms with Crippen molar-refractivity contribution >= 4 is 17.4 Å². The molecule has 2 heterocycles. The number of nitrogens with zero attached hydrogens (tertiary/aromatic N) is 1. The zero-order valence-corrected chi connectivity index (χ0v) is 11.5. The molecule has 2 nitrogen and oxygen atoms in total. The highest BCUT2D eigenvalue weighted by Gasteiger charge is 2.57. The van der Waals surface area contributed by atoms with Gasteiger partial charge in [-0.05, 0) is 36.6 Å². The molecule has 3 fully saturated rings. The van der Waals surface area contributed by atoms with Gasteiger partial charge in [-0.3, -0.25) is 0 Å². The lowest BCUT2D eigenvalue weighted by Crippen LogP contribution is -2.32. The van der Waals surface area contributed by atoms with Gasteiger partial charge in [-0.2, -0.15) is 11.8 Å². The third kappa shape index (κ3) is 2.17. The number of nitrogens with one attached hydrogen (secondary N) is 1. The number of piperidine rings is 1. The summed E-state index contributed by atoms with van der Waals surface area (Å²) in [6.45, 7) is 4.83. The van der Waals surface area contributed by atoms with Crippen molar-refractivity contribution in [2.45, 2.75) is 19.3 Å². The molecule has 0 aromatic heterocycles. The molecule has 0 bridgehead atoms. The lowest BCUT2D eigenvalue weighted by Gasteiger charge is -2.28. The number of hydrogen-bond donors (Lipinski definition) is 1. The predicted octanol–water partition coefficient (Wildman–Crippen LogP) is 2.74. The van der Waals surface area contributed by atoms with Crippen LogP contribution in [0.15, 0.2) is 24.3 Å². The summed E-state index contributed by atoms with van der Waals surface area (Å²) >= 11 is 2.07. The first kappa shape index (κ1) is 13.3. The van der Waals surface area contributed by atoms with Crippen LogP contribution in [0.4, 0.5) is 5.69 Å². The lowest BCUT2D eigenvalue weighted by atomic mass is 9.95. The first-order valence-corrected chi connectivity index (χ1v) is 8.18. The molecule has 2 saturated heterocycles. The Kier molecular flexibility index (Phi) is 3.52. The number of benzene rings is 1. The topological polar surface area (TPSA) is 15.3 Å². The molecule has 0 spiro atoms. The van der Waals surface area contributed by atoms with E-state index in [4.69, 9.17) is 0 Å². The van der Waals surface area contributed by atoms with E-state index < -0.39 is 0 Å². The highest BCUT2D eigenvalue weighted by atomic mass is 32.2. The Balaban J connectivity index is 0.00000110. The summed E-state index contributed by atoms with van der Waals surface area (Å²) in [7, 11) is 0. The summed E-state index contributed by atoms with van der Waals surface area (Å²) in [4.78, 5) is 2.52. The quantitative estimate of drug-likeness (QED) is 0.894. The largest absolute Gasteiger partial charge is 0.370 e. The molecule has 3 heteroatoms. The molecule has 2 atom stereocenters. The van der Waals surface area contributed by atoms with Crippen LogP contribution in [0, 0.1) is 5.92 Å². The Hall–Kier alpha value is -0.670. The first-order valence-electron chi connectivity index (χ1n) is 7.02. The maximum atomic E-state index is 3.53. The Morgan fingerprint density at radius 1 is 1.16 bits per heavy atom. The Labute approximate surface area is 121 Å². The van der Waals surface area contributed by atoms with Crippen LogP contribution in [0.5, 0.6) is 0 Å². The van der Waals surface area contributed by atoms with Crippen LogP contribution in [-0.4, -0.2) is 37.7 Å². The molecule has 2 aliphatic heterocycles. The van der Waals surface area contributed by atoms with Gasteiger partial charge >= 0.3 is 0 Å². The average molecular weight is 276 g/mol. The van der Waals surface area contributed by atoms with Gasteiger partial charge in [-0.15, -0.1) is 0 Å². The van der Waals surface area contributed by atoms with Gasteiger partial charge in [-0.25, -0.2) is 0 Å². The highest BCUT2D eigenvalue weighted by molar-refractivity contribution is 7.99. The molecule has 0 amide bonds. The van der Waals surface area contributed by atoms with Gasteiger partial charge in [0.05, 0.1) is 0 Å². The summed E-state index contributed by atoms with van der Waals surface area (Å²) in [6, 6.07) is 9.44. The van der Waals surface area contributed by atoms with Crippen LogP contribution in [0.25, 0.3) is 0 Å². The van der Waals surface area contributed by atoms with Gasteiger partial charge in [0.15, 0.2) is 0 Å². The minimum absolute atomic E-state index is 0. The van der Waals surface area contributed by atoms with Gasteiger partial charge in [0, 0.05) is 42.2 Å². The minimum Gasteiger partial charge on any atom is -0.370 e. The molecule has 1 saturated carbocycles. The second-order valence-corrected chi connectivity index (χ2v) is 7.06. The molecular formula is C16H24N2S. The maximum Gasteiger partial charge on any atom is 0.0366 e. The SMILES string of the molecule is C.c1cc(C23CNCC2C3)ccc1N1CCSCC1. The minimum atomic E-state index is 0. The number of fused-ring (bicyclic) bond motifs is 1. The third-order valence-corrected chi connectivity index (χ3v) is 5.82. The molecule has 1 aromatic rings. The number of anilines is 1. The molecule has 19 heavy (non-hydrogen) atoms. The molecule has 3 aliphatic rings. The van der Waals surface area contributed by atoms with Gasteiger partial charge in [0.1, 0.15) is 0 Å². The van der Waals surface area contributed by atoms with Crippen molar-refractivity contribution in [3.05, 3.63) is 29.8 Å². The van der Waals surface area contributed by atoms with Crippen molar-refractivity contribution in [3.63, 3.8) is 0 Å². The van der Waals surface area contributed by atoms with E-state index in [-0.39, 0.29) is 7.43 Å². The summed E-state index contributed by atoms with van der Waals surface area (Å²) in [6.07, 6.45) is 1.40. The molecular weight excluding hydrogens is 252 g/mol. The average Bonchev–Trinajstić information content (AvgIpc) is 3.02. The molecule has 104 valence electrons. The van der Waals surface area contributed by atoms with Crippen molar-refractivity contribution < 1.29 is 0 Å². The molecule has 4 rings (SSSR count). The van der Waals surface area contributed by atoms with Gasteiger partial charge in [0.25, 0.3) is 0 Å². The van der Waals surface area contributed by atoms with Crippen molar-refractivity contribution in [2.75, 3.05) is 42.6 Å². The number of hydrogen-bond acceptors (Lipinski definition) is 3. The molecule has 1 N–H and O–H groups in total. The van der Waals surface area contributed by atoms with Crippen LogP contribution in [0.2, 0.25) is 0 Å². The van der Waals surface area contributed by atoms with E-state index in [1.54, 1.807) is 5.56 Å². The summed E-state index contributed by atoms with van der Waals surface area (Å²) in [5.41, 5.74) is 3.49. The summed E-state index contributed by atoms with van der Waals surface area (Å²) < 4.78 is 0. The van der Waals surface area contributed by atoms with E-state index in [0.717, 1.165) is 5.92 Å². The van der Waals surface area contributed by atoms with Crippen LogP contribution in [0.1, 0.15) is 19.4 Å². The van der Waals surface area contributed by atoms with Crippen LogP contribution < -0.4 is 10.2 Å². The second kappa shape index (κ2) is 5.02. The zero-order valence-electron chi connectivity index (χ0n) is 10.7. The van der Waals surface area contributed by atoms with Gasteiger partial charge in [0.2, 0.25) is 0 Å². The number of thioether (sulfide) groups is 1. The van der Waals surface area contributed by atoms with E-state index >= 15 is 0 Å². The fourth-order valence-corrected chi connectivity index (χ4v) is 4.52. The van der Waals surface area contributed by atoms with Crippen LogP contribution in [0.3, 0.4) is 0 Å². The number of rotatable bonds is 2. The Bertz CT molecular complexity index is 439. The van der Waals surface area contributed by atoms with Crippen molar-refractivity contribution in [1.82, 2.24) is 5.32 Å². The normalized spacial score (nSPS) is 32.6. The van der Waals surface area contributed by atoms with E-state index in [1.807, 2.05) is 0 Å². The van der Waals surface area contributed by atoms with Crippen LogP contribution >= 0.6 is 11.8 Å². The van der Waals surface area contributed by atoms with Crippen molar-refractivity contribution in [3.8, 4) is 0 Å². The van der Waals surface area contributed by atoms with Gasteiger partial charge < -0.3 is 10.2 Å². The van der Waals surface area contributed by atoms with Crippen molar-refractivity contribution in [2.24, 2.45) is 5.92 Å². The van der Waals surface area contributed by atoms with Gasteiger partial charge in [-0.1, -0.05) is 19.6 Å². The van der Waals surface area contributed by atoms with Crippen LogP contribution in [-0.2, 0) is 5.41 Å². The first-order chi connectivity index (χ1) is 8.88. The smallest absolute Gasteiger partial charge is 0.0366 e. The lowest BCUT2D eigenvalue weighted by molar-refractivity contribution is 0.675. The molecule has 2 unspecified atom stereocenters. The highest BCUT2D eigenvalue weighted by Crippen LogP contribution is 2.56. The van der Waals surface area contributed by atoms with E-state index in [2.05, 4.69) is 46.2 Å². The Morgan fingerprint density at radius 3 is 2.47 bits per heavy atom. The molecule has 1 aliphatic carbocycles. The molecule has 1 aromatic carbocycles. The molecule has 0 radical (unpaired) electrons. The maximum absolute atomic E-state index is 3.53. The summed E-state index contributed by atoms with van der Waals surface area (Å²) in [5.74, 6) is 3.46. The monoisotopic (exact) mass is 276 g/mol. The Morgan fingerprint density at radius 2 is 1.89 bits per heavy atom.